The largest absolute Gasteiger partial charge is 0.495 e. The molecule has 8 nitrogen and oxygen atoms in total. The van der Waals surface area contributed by atoms with E-state index in [1.54, 1.807) is 24.9 Å². The van der Waals surface area contributed by atoms with E-state index < -0.39 is 0 Å². The van der Waals surface area contributed by atoms with Crippen molar-refractivity contribution < 1.29 is 14.3 Å². The highest BCUT2D eigenvalue weighted by molar-refractivity contribution is 9.10. The maximum Gasteiger partial charge on any atom is 0.323 e. The summed E-state index contributed by atoms with van der Waals surface area (Å²) in [5.74, 6) is 1.32. The third kappa shape index (κ3) is 6.12. The van der Waals surface area contributed by atoms with Gasteiger partial charge in [-0.1, -0.05) is 58.0 Å². The van der Waals surface area contributed by atoms with Crippen LogP contribution in [0.3, 0.4) is 0 Å². The summed E-state index contributed by atoms with van der Waals surface area (Å²) in [5, 5.41) is 9.70. The topological polar surface area (TPSA) is 95.1 Å². The minimum atomic E-state index is -0.366. The number of rotatable bonds is 6. The summed E-state index contributed by atoms with van der Waals surface area (Å²) in [4.78, 5) is 33.5. The second kappa shape index (κ2) is 12.0. The molecule has 2 aliphatic heterocycles. The molecule has 0 bridgehead atoms. The van der Waals surface area contributed by atoms with Gasteiger partial charge in [-0.15, -0.1) is 0 Å². The number of para-hydroxylation sites is 2. The van der Waals surface area contributed by atoms with Crippen LogP contribution in [-0.4, -0.2) is 41.4 Å². The number of amidine groups is 1. The molecule has 3 amide bonds. The Morgan fingerprint density at radius 2 is 1.74 bits per heavy atom. The van der Waals surface area contributed by atoms with Gasteiger partial charge in [-0.25, -0.2) is 9.79 Å². The molecule has 1 atom stereocenters. The number of nitrogens with zero attached hydrogens (tertiary/aromatic N) is 2. The van der Waals surface area contributed by atoms with E-state index in [2.05, 4.69) is 36.8 Å². The molecule has 1 unspecified atom stereocenters. The molecular formula is C29H28BrN5O3S. The monoisotopic (exact) mass is 605 g/mol. The van der Waals surface area contributed by atoms with Crippen LogP contribution in [-0.2, 0) is 4.79 Å². The van der Waals surface area contributed by atoms with E-state index in [1.807, 2.05) is 73.7 Å². The predicted octanol–water partition coefficient (Wildman–Crippen LogP) is 6.86. The Morgan fingerprint density at radius 3 is 2.51 bits per heavy atom. The lowest BCUT2D eigenvalue weighted by atomic mass is 9.93. The quantitative estimate of drug-likeness (QED) is 0.285. The van der Waals surface area contributed by atoms with Crippen molar-refractivity contribution in [3.8, 4) is 5.75 Å². The zero-order chi connectivity index (χ0) is 27.4. The molecular weight excluding hydrogens is 578 g/mol. The molecule has 0 aromatic heterocycles. The molecule has 0 saturated carbocycles. The molecule has 3 N–H and O–H groups in total. The Morgan fingerprint density at radius 1 is 1.00 bits per heavy atom. The smallest absolute Gasteiger partial charge is 0.323 e. The number of benzene rings is 3. The molecule has 5 rings (SSSR count). The van der Waals surface area contributed by atoms with E-state index in [4.69, 9.17) is 9.73 Å². The fourth-order valence-corrected chi connectivity index (χ4v) is 6.11. The number of halogens is 1. The highest BCUT2D eigenvalue weighted by Gasteiger charge is 2.37. The van der Waals surface area contributed by atoms with Gasteiger partial charge in [0.2, 0.25) is 0 Å². The van der Waals surface area contributed by atoms with Crippen molar-refractivity contribution in [1.82, 2.24) is 4.90 Å². The van der Waals surface area contributed by atoms with Crippen LogP contribution in [0, 0.1) is 0 Å². The number of thioether (sulfide) groups is 1. The van der Waals surface area contributed by atoms with Crippen LogP contribution in [0.15, 0.2) is 93.5 Å². The van der Waals surface area contributed by atoms with Crippen LogP contribution in [0.2, 0.25) is 0 Å². The van der Waals surface area contributed by atoms with E-state index in [9.17, 15) is 9.59 Å². The van der Waals surface area contributed by atoms with Gasteiger partial charge in [0.1, 0.15) is 5.75 Å². The maximum absolute atomic E-state index is 13.8. The maximum atomic E-state index is 13.8. The van der Waals surface area contributed by atoms with Crippen LogP contribution in [0.5, 0.6) is 5.75 Å². The SMILES string of the molecule is COc1ccccc1NC(=O)C1=C(C)N=C2SCCCN2C1c1cccc(NC(=O)Nc2cccc(Br)c2)c1. The van der Waals surface area contributed by atoms with Gasteiger partial charge in [0.25, 0.3) is 5.91 Å². The highest BCUT2D eigenvalue weighted by atomic mass is 79.9. The molecule has 0 spiro atoms. The van der Waals surface area contributed by atoms with E-state index in [0.717, 1.165) is 33.9 Å². The van der Waals surface area contributed by atoms with Crippen molar-refractivity contribution in [2.45, 2.75) is 19.4 Å². The Balaban J connectivity index is 1.45. The van der Waals surface area contributed by atoms with Gasteiger partial charge in [-0.05, 0) is 61.4 Å². The van der Waals surface area contributed by atoms with Crippen molar-refractivity contribution in [3.63, 3.8) is 0 Å². The van der Waals surface area contributed by atoms with E-state index in [-0.39, 0.29) is 18.0 Å². The number of aliphatic imine (C=N–C) groups is 1. The first-order valence-corrected chi connectivity index (χ1v) is 14.3. The van der Waals surface area contributed by atoms with Crippen molar-refractivity contribution >= 4 is 61.9 Å². The summed E-state index contributed by atoms with van der Waals surface area (Å²) in [5.41, 5.74) is 3.99. The molecule has 3 aromatic rings. The average Bonchev–Trinajstić information content (AvgIpc) is 2.92. The molecule has 0 radical (unpaired) electrons. The molecule has 1 saturated heterocycles. The number of fused-ring (bicyclic) bond motifs is 1. The number of amides is 3. The number of allylic oxidation sites excluding steroid dienone is 1. The van der Waals surface area contributed by atoms with Crippen molar-refractivity contribution in [1.29, 1.82) is 0 Å². The number of carbonyl (C=O) groups is 2. The molecule has 3 aromatic carbocycles. The minimum Gasteiger partial charge on any atom is -0.495 e. The lowest BCUT2D eigenvalue weighted by Gasteiger charge is -2.41. The summed E-state index contributed by atoms with van der Waals surface area (Å²) >= 11 is 5.12. The van der Waals surface area contributed by atoms with Crippen LogP contribution < -0.4 is 20.7 Å². The van der Waals surface area contributed by atoms with Crippen LogP contribution in [0.4, 0.5) is 21.9 Å². The fraction of sp³-hybridized carbons (Fsp3) is 0.207. The lowest BCUT2D eigenvalue weighted by Crippen LogP contribution is -2.43. The Labute approximate surface area is 240 Å². The van der Waals surface area contributed by atoms with Gasteiger partial charge in [0.05, 0.1) is 30.1 Å². The molecule has 10 heteroatoms. The normalized spacial score (nSPS) is 16.6. The van der Waals surface area contributed by atoms with Gasteiger partial charge in [0, 0.05) is 28.1 Å². The van der Waals surface area contributed by atoms with Crippen LogP contribution in [0.1, 0.15) is 24.9 Å². The number of hydrogen-bond donors (Lipinski definition) is 3. The zero-order valence-electron chi connectivity index (χ0n) is 21.5. The predicted molar refractivity (Wildman–Crippen MR) is 162 cm³/mol. The Bertz CT molecular complexity index is 1470. The highest BCUT2D eigenvalue weighted by Crippen LogP contribution is 2.40. The number of carbonyl (C=O) groups excluding carboxylic acids is 2. The summed E-state index contributed by atoms with van der Waals surface area (Å²) < 4.78 is 6.31. The van der Waals surface area contributed by atoms with Gasteiger partial charge >= 0.3 is 6.03 Å². The molecule has 200 valence electrons. The lowest BCUT2D eigenvalue weighted by molar-refractivity contribution is -0.113. The third-order valence-electron chi connectivity index (χ3n) is 6.40. The van der Waals surface area contributed by atoms with E-state index >= 15 is 0 Å². The summed E-state index contributed by atoms with van der Waals surface area (Å²) in [6.45, 7) is 2.65. The van der Waals surface area contributed by atoms with Crippen molar-refractivity contribution in [3.05, 3.63) is 94.1 Å². The summed E-state index contributed by atoms with van der Waals surface area (Å²) in [6.07, 6.45) is 0.980. The molecule has 0 aliphatic carbocycles. The zero-order valence-corrected chi connectivity index (χ0v) is 23.9. The van der Waals surface area contributed by atoms with Crippen LogP contribution >= 0.6 is 27.7 Å². The Hall–Kier alpha value is -3.76. The summed E-state index contributed by atoms with van der Waals surface area (Å²) in [6, 6.07) is 21.6. The number of methoxy groups -OCH3 is 1. The average molecular weight is 607 g/mol. The first kappa shape index (κ1) is 26.8. The molecule has 2 aliphatic rings. The second-order valence-electron chi connectivity index (χ2n) is 9.06. The second-order valence-corrected chi connectivity index (χ2v) is 11.0. The number of urea groups is 1. The van der Waals surface area contributed by atoms with Gasteiger partial charge < -0.3 is 25.6 Å². The molecule has 1 fully saturated rings. The standard InChI is InChI=1S/C29H28BrN5O3S/c1-18-25(27(36)34-23-12-3-4-13-24(23)38-2)26(35-14-7-15-39-29(35)31-18)19-8-5-10-21(16-19)32-28(37)33-22-11-6-9-20(30)17-22/h3-6,8-13,16-17,26H,7,14-15H2,1-2H3,(H,34,36)(H2,32,33,37). The number of ether oxygens (including phenoxy) is 1. The number of hydrogen-bond acceptors (Lipinski definition) is 6. The van der Waals surface area contributed by atoms with Crippen LogP contribution in [0.25, 0.3) is 0 Å². The van der Waals surface area contributed by atoms with Crippen molar-refractivity contribution in [2.24, 2.45) is 4.99 Å². The third-order valence-corrected chi connectivity index (χ3v) is 7.97. The number of anilines is 3. The van der Waals surface area contributed by atoms with E-state index in [0.29, 0.717) is 34.1 Å². The first-order valence-electron chi connectivity index (χ1n) is 12.5. The van der Waals surface area contributed by atoms with Gasteiger partial charge in [-0.3, -0.25) is 4.79 Å². The molecule has 2 heterocycles. The van der Waals surface area contributed by atoms with E-state index in [1.165, 1.54) is 0 Å². The summed E-state index contributed by atoms with van der Waals surface area (Å²) in [7, 11) is 1.58. The Kier molecular flexibility index (Phi) is 8.23. The number of nitrogens with one attached hydrogen (secondary N) is 3. The fourth-order valence-electron chi connectivity index (χ4n) is 4.69. The molecule has 39 heavy (non-hydrogen) atoms. The van der Waals surface area contributed by atoms with Gasteiger partial charge in [0.15, 0.2) is 5.17 Å². The first-order chi connectivity index (χ1) is 18.9. The van der Waals surface area contributed by atoms with Gasteiger partial charge in [-0.2, -0.15) is 0 Å². The minimum absolute atomic E-state index is 0.244. The van der Waals surface area contributed by atoms with Crippen molar-refractivity contribution in [2.75, 3.05) is 35.4 Å².